The first-order chi connectivity index (χ1) is 13.1. The molecule has 3 rings (SSSR count). The van der Waals surface area contributed by atoms with E-state index in [0.29, 0.717) is 22.9 Å². The standard InChI is InChI=1S/C20H23ClN2O2S2/c1-2-3-6-11-22-18(24)16-13-27-20(17-10-7-12-26-17)23(16)19(25)14-8-4-5-9-15(14)21/h4-5,7-10,12,16,20H,2-3,6,11,13H2,1H3,(H,22,24). The van der Waals surface area contributed by atoms with Crippen molar-refractivity contribution in [1.29, 1.82) is 0 Å². The zero-order valence-corrected chi connectivity index (χ0v) is 17.6. The van der Waals surface area contributed by atoms with E-state index in [0.717, 1.165) is 24.1 Å². The Bertz CT molecular complexity index is 782. The fourth-order valence-corrected chi connectivity index (χ4v) is 5.70. The van der Waals surface area contributed by atoms with Crippen LogP contribution in [0.1, 0.15) is 46.8 Å². The summed E-state index contributed by atoms with van der Waals surface area (Å²) in [7, 11) is 0. The molecule has 1 aliphatic heterocycles. The highest BCUT2D eigenvalue weighted by molar-refractivity contribution is 7.99. The molecule has 144 valence electrons. The van der Waals surface area contributed by atoms with Crippen molar-refractivity contribution in [2.45, 2.75) is 37.6 Å². The lowest BCUT2D eigenvalue weighted by Gasteiger charge is -2.28. The Morgan fingerprint density at radius 3 is 2.74 bits per heavy atom. The summed E-state index contributed by atoms with van der Waals surface area (Å²) in [6.07, 6.45) is 3.14. The Balaban J connectivity index is 1.83. The molecule has 2 amide bonds. The van der Waals surface area contributed by atoms with E-state index in [9.17, 15) is 9.59 Å². The molecule has 2 heterocycles. The van der Waals surface area contributed by atoms with Gasteiger partial charge in [0.1, 0.15) is 11.4 Å². The van der Waals surface area contributed by atoms with Crippen LogP contribution in [0.3, 0.4) is 0 Å². The van der Waals surface area contributed by atoms with Crippen LogP contribution in [0.5, 0.6) is 0 Å². The van der Waals surface area contributed by atoms with Crippen LogP contribution in [-0.2, 0) is 4.79 Å². The maximum Gasteiger partial charge on any atom is 0.257 e. The Kier molecular flexibility index (Phi) is 7.21. The number of thioether (sulfide) groups is 1. The van der Waals surface area contributed by atoms with Gasteiger partial charge >= 0.3 is 0 Å². The number of thiophene rings is 1. The Hall–Kier alpha value is -1.50. The minimum absolute atomic E-state index is 0.0851. The quantitative estimate of drug-likeness (QED) is 0.641. The second-order valence-electron chi connectivity index (χ2n) is 6.41. The van der Waals surface area contributed by atoms with Crippen molar-refractivity contribution < 1.29 is 9.59 Å². The molecule has 0 spiro atoms. The number of nitrogens with one attached hydrogen (secondary N) is 1. The van der Waals surface area contributed by atoms with E-state index in [2.05, 4.69) is 12.2 Å². The van der Waals surface area contributed by atoms with E-state index in [-0.39, 0.29) is 17.2 Å². The fraction of sp³-hybridized carbons (Fsp3) is 0.400. The zero-order valence-electron chi connectivity index (χ0n) is 15.2. The average Bonchev–Trinajstić information content (AvgIpc) is 3.34. The van der Waals surface area contributed by atoms with Crippen LogP contribution in [0.4, 0.5) is 0 Å². The molecule has 1 aromatic carbocycles. The molecule has 0 saturated carbocycles. The van der Waals surface area contributed by atoms with Gasteiger partial charge in [-0.15, -0.1) is 23.1 Å². The molecule has 1 aromatic heterocycles. The van der Waals surface area contributed by atoms with E-state index in [1.54, 1.807) is 52.3 Å². The number of carbonyl (C=O) groups is 2. The lowest BCUT2D eigenvalue weighted by atomic mass is 10.1. The second kappa shape index (κ2) is 9.62. The number of rotatable bonds is 7. The number of amides is 2. The van der Waals surface area contributed by atoms with Gasteiger partial charge in [-0.05, 0) is 30.0 Å². The molecule has 7 heteroatoms. The molecule has 2 aromatic rings. The number of carbonyl (C=O) groups excluding carboxylic acids is 2. The van der Waals surface area contributed by atoms with Crippen molar-refractivity contribution >= 4 is 46.5 Å². The molecule has 0 bridgehead atoms. The largest absolute Gasteiger partial charge is 0.354 e. The van der Waals surface area contributed by atoms with Gasteiger partial charge in [-0.25, -0.2) is 0 Å². The van der Waals surface area contributed by atoms with Gasteiger partial charge in [0.05, 0.1) is 10.6 Å². The van der Waals surface area contributed by atoms with Crippen molar-refractivity contribution in [3.63, 3.8) is 0 Å². The number of halogens is 1. The molecule has 4 nitrogen and oxygen atoms in total. The molecule has 0 aliphatic carbocycles. The summed E-state index contributed by atoms with van der Waals surface area (Å²) in [6.45, 7) is 2.77. The first kappa shape index (κ1) is 20.2. The summed E-state index contributed by atoms with van der Waals surface area (Å²) in [5.41, 5.74) is 0.437. The van der Waals surface area contributed by atoms with Crippen LogP contribution in [-0.4, -0.2) is 35.1 Å². The van der Waals surface area contributed by atoms with E-state index in [1.807, 2.05) is 17.5 Å². The van der Waals surface area contributed by atoms with Crippen LogP contribution in [0.2, 0.25) is 5.02 Å². The lowest BCUT2D eigenvalue weighted by molar-refractivity contribution is -0.124. The smallest absolute Gasteiger partial charge is 0.257 e. The van der Waals surface area contributed by atoms with E-state index >= 15 is 0 Å². The topological polar surface area (TPSA) is 49.4 Å². The summed E-state index contributed by atoms with van der Waals surface area (Å²) in [6, 6.07) is 10.5. The fourth-order valence-electron chi connectivity index (χ4n) is 3.09. The van der Waals surface area contributed by atoms with Crippen molar-refractivity contribution in [3.8, 4) is 0 Å². The molecule has 1 N–H and O–H groups in total. The number of benzene rings is 1. The van der Waals surface area contributed by atoms with Crippen LogP contribution in [0, 0.1) is 0 Å². The van der Waals surface area contributed by atoms with Gasteiger partial charge in [0.15, 0.2) is 0 Å². The van der Waals surface area contributed by atoms with Gasteiger partial charge in [0.2, 0.25) is 5.91 Å². The summed E-state index contributed by atoms with van der Waals surface area (Å²) in [5.74, 6) is 0.300. The van der Waals surface area contributed by atoms with Gasteiger partial charge in [0, 0.05) is 17.2 Å². The average molecular weight is 423 g/mol. The SMILES string of the molecule is CCCCCNC(=O)C1CSC(c2cccs2)N1C(=O)c1ccccc1Cl. The molecule has 27 heavy (non-hydrogen) atoms. The molecule has 2 atom stereocenters. The monoisotopic (exact) mass is 422 g/mol. The first-order valence-corrected chi connectivity index (χ1v) is 11.4. The van der Waals surface area contributed by atoms with E-state index in [4.69, 9.17) is 11.6 Å². The highest BCUT2D eigenvalue weighted by Gasteiger charge is 2.43. The van der Waals surface area contributed by atoms with Crippen LogP contribution in [0.25, 0.3) is 0 Å². The molecule has 1 saturated heterocycles. The van der Waals surface area contributed by atoms with Gasteiger partial charge in [-0.1, -0.05) is 49.6 Å². The molecule has 2 unspecified atom stereocenters. The van der Waals surface area contributed by atoms with Crippen LogP contribution < -0.4 is 5.32 Å². The maximum atomic E-state index is 13.3. The van der Waals surface area contributed by atoms with Crippen LogP contribution in [0.15, 0.2) is 41.8 Å². The normalized spacial score (nSPS) is 19.3. The molecule has 1 fully saturated rings. The number of unbranched alkanes of at least 4 members (excludes halogenated alkanes) is 2. The first-order valence-electron chi connectivity index (χ1n) is 9.13. The minimum Gasteiger partial charge on any atom is -0.354 e. The highest BCUT2D eigenvalue weighted by atomic mass is 35.5. The summed E-state index contributed by atoms with van der Waals surface area (Å²) < 4.78 is 0. The van der Waals surface area contributed by atoms with Crippen molar-refractivity contribution in [2.24, 2.45) is 0 Å². The maximum absolute atomic E-state index is 13.3. The van der Waals surface area contributed by atoms with Gasteiger partial charge in [-0.2, -0.15) is 0 Å². The highest BCUT2D eigenvalue weighted by Crippen LogP contribution is 2.44. The Labute approximate surface area is 173 Å². The third kappa shape index (κ3) is 4.68. The van der Waals surface area contributed by atoms with Gasteiger partial charge < -0.3 is 10.2 Å². The van der Waals surface area contributed by atoms with Gasteiger partial charge in [0.25, 0.3) is 5.91 Å². The molecule has 1 aliphatic rings. The van der Waals surface area contributed by atoms with Crippen molar-refractivity contribution in [3.05, 3.63) is 57.2 Å². The molecular formula is C20H23ClN2O2S2. The van der Waals surface area contributed by atoms with Crippen LogP contribution >= 0.6 is 34.7 Å². The number of hydrogen-bond acceptors (Lipinski definition) is 4. The number of nitrogens with zero attached hydrogens (tertiary/aromatic N) is 1. The third-order valence-electron chi connectivity index (χ3n) is 4.51. The van der Waals surface area contributed by atoms with Crippen molar-refractivity contribution in [2.75, 3.05) is 12.3 Å². The lowest BCUT2D eigenvalue weighted by Crippen LogP contribution is -2.48. The van der Waals surface area contributed by atoms with Crippen molar-refractivity contribution in [1.82, 2.24) is 10.2 Å². The predicted octanol–water partition coefficient (Wildman–Crippen LogP) is 4.96. The second-order valence-corrected chi connectivity index (χ2v) is 8.91. The molecule has 0 radical (unpaired) electrons. The third-order valence-corrected chi connectivity index (χ3v) is 7.22. The summed E-state index contributed by atoms with van der Waals surface area (Å²) in [5, 5.41) is 5.23. The van der Waals surface area contributed by atoms with Gasteiger partial charge in [-0.3, -0.25) is 9.59 Å². The summed E-state index contributed by atoms with van der Waals surface area (Å²) in [4.78, 5) is 28.9. The Morgan fingerprint density at radius 2 is 2.04 bits per heavy atom. The van der Waals surface area contributed by atoms with E-state index < -0.39 is 6.04 Å². The number of hydrogen-bond donors (Lipinski definition) is 1. The van der Waals surface area contributed by atoms with E-state index in [1.165, 1.54) is 0 Å². The minimum atomic E-state index is -0.493. The molecular weight excluding hydrogens is 400 g/mol. The predicted molar refractivity (Wildman–Crippen MR) is 113 cm³/mol. The zero-order chi connectivity index (χ0) is 19.2. The Morgan fingerprint density at radius 1 is 1.22 bits per heavy atom. The summed E-state index contributed by atoms with van der Waals surface area (Å²) >= 11 is 9.49.